The third kappa shape index (κ3) is 2.12. The highest BCUT2D eigenvalue weighted by molar-refractivity contribution is 5.67. The van der Waals surface area contributed by atoms with E-state index in [0.717, 1.165) is 16.7 Å². The second kappa shape index (κ2) is 4.45. The molecule has 0 saturated carbocycles. The quantitative estimate of drug-likeness (QED) is 0.817. The van der Waals surface area contributed by atoms with E-state index in [-0.39, 0.29) is 5.82 Å². The van der Waals surface area contributed by atoms with Crippen molar-refractivity contribution in [3.8, 4) is 11.1 Å². The van der Waals surface area contributed by atoms with Crippen LogP contribution in [-0.2, 0) is 6.54 Å². The van der Waals surface area contributed by atoms with Gasteiger partial charge in [0.2, 0.25) is 0 Å². The monoisotopic (exact) mass is 215 g/mol. The highest BCUT2D eigenvalue weighted by Crippen LogP contribution is 2.24. The minimum Gasteiger partial charge on any atom is -0.326 e. The van der Waals surface area contributed by atoms with Crippen molar-refractivity contribution in [2.24, 2.45) is 5.73 Å². The van der Waals surface area contributed by atoms with Gasteiger partial charge < -0.3 is 5.73 Å². The van der Waals surface area contributed by atoms with Gasteiger partial charge in [0.15, 0.2) is 0 Å². The molecular formula is C14H14FN. The fourth-order valence-corrected chi connectivity index (χ4v) is 1.74. The van der Waals surface area contributed by atoms with Gasteiger partial charge in [0.1, 0.15) is 5.82 Å². The van der Waals surface area contributed by atoms with Crippen LogP contribution in [0.3, 0.4) is 0 Å². The Labute approximate surface area is 94.7 Å². The minimum absolute atomic E-state index is 0.212. The van der Waals surface area contributed by atoms with E-state index in [1.807, 2.05) is 19.1 Å². The predicted molar refractivity (Wildman–Crippen MR) is 64.5 cm³/mol. The number of hydrogen-bond donors (Lipinski definition) is 1. The average molecular weight is 215 g/mol. The summed E-state index contributed by atoms with van der Waals surface area (Å²) in [5.74, 6) is -0.212. The van der Waals surface area contributed by atoms with Crippen LogP contribution in [-0.4, -0.2) is 0 Å². The lowest BCUT2D eigenvalue weighted by molar-refractivity contribution is 0.628. The van der Waals surface area contributed by atoms with Gasteiger partial charge in [0.25, 0.3) is 0 Å². The maximum Gasteiger partial charge on any atom is 0.123 e. The van der Waals surface area contributed by atoms with Crippen LogP contribution in [0.25, 0.3) is 11.1 Å². The van der Waals surface area contributed by atoms with Crippen LogP contribution < -0.4 is 5.73 Å². The van der Waals surface area contributed by atoms with E-state index in [0.29, 0.717) is 6.54 Å². The maximum absolute atomic E-state index is 12.8. The summed E-state index contributed by atoms with van der Waals surface area (Å²) < 4.78 is 12.8. The number of aryl methyl sites for hydroxylation is 1. The molecule has 0 heterocycles. The molecule has 0 aromatic heterocycles. The number of nitrogens with two attached hydrogens (primary N) is 1. The van der Waals surface area contributed by atoms with Crippen LogP contribution in [0.15, 0.2) is 42.5 Å². The molecule has 0 aliphatic rings. The van der Waals surface area contributed by atoms with Crippen LogP contribution in [0.5, 0.6) is 0 Å². The molecule has 0 aliphatic heterocycles. The van der Waals surface area contributed by atoms with Crippen LogP contribution >= 0.6 is 0 Å². The molecule has 0 aliphatic carbocycles. The van der Waals surface area contributed by atoms with Crippen molar-refractivity contribution in [3.63, 3.8) is 0 Å². The Balaban J connectivity index is 2.50. The zero-order valence-corrected chi connectivity index (χ0v) is 9.20. The summed E-state index contributed by atoms with van der Waals surface area (Å²) in [5.41, 5.74) is 10.0. The lowest BCUT2D eigenvalue weighted by atomic mass is 9.98. The number of halogens is 1. The first-order valence-corrected chi connectivity index (χ1v) is 5.26. The minimum atomic E-state index is -0.212. The number of benzene rings is 2. The molecule has 2 aromatic carbocycles. The van der Waals surface area contributed by atoms with Gasteiger partial charge in [0, 0.05) is 6.54 Å². The third-order valence-corrected chi connectivity index (χ3v) is 2.69. The Morgan fingerprint density at radius 1 is 1.06 bits per heavy atom. The molecule has 0 unspecified atom stereocenters. The van der Waals surface area contributed by atoms with Gasteiger partial charge in [-0.25, -0.2) is 4.39 Å². The van der Waals surface area contributed by atoms with E-state index < -0.39 is 0 Å². The Hall–Kier alpha value is -1.67. The lowest BCUT2D eigenvalue weighted by Gasteiger charge is -2.08. The highest BCUT2D eigenvalue weighted by atomic mass is 19.1. The summed E-state index contributed by atoms with van der Waals surface area (Å²) in [6.07, 6.45) is 0. The largest absolute Gasteiger partial charge is 0.326 e. The van der Waals surface area contributed by atoms with Gasteiger partial charge >= 0.3 is 0 Å². The topological polar surface area (TPSA) is 26.0 Å². The van der Waals surface area contributed by atoms with Crippen LogP contribution in [0.2, 0.25) is 0 Å². The molecule has 0 amide bonds. The fourth-order valence-electron chi connectivity index (χ4n) is 1.74. The molecule has 16 heavy (non-hydrogen) atoms. The first-order chi connectivity index (χ1) is 7.70. The molecule has 0 spiro atoms. The standard InChI is InChI=1S/C14H14FN/c1-10-2-3-11(9-16)8-14(10)12-4-6-13(15)7-5-12/h2-8H,9,16H2,1H3. The summed E-state index contributed by atoms with van der Waals surface area (Å²) in [4.78, 5) is 0. The Morgan fingerprint density at radius 2 is 1.75 bits per heavy atom. The zero-order chi connectivity index (χ0) is 11.5. The molecule has 0 radical (unpaired) electrons. The molecule has 2 aromatic rings. The second-order valence-corrected chi connectivity index (χ2v) is 3.86. The lowest BCUT2D eigenvalue weighted by Crippen LogP contribution is -1.97. The van der Waals surface area contributed by atoms with Gasteiger partial charge in [-0.2, -0.15) is 0 Å². The van der Waals surface area contributed by atoms with E-state index in [9.17, 15) is 4.39 Å². The number of hydrogen-bond acceptors (Lipinski definition) is 1. The summed E-state index contributed by atoms with van der Waals surface area (Å²) in [6, 6.07) is 12.6. The van der Waals surface area contributed by atoms with Crippen LogP contribution in [0, 0.1) is 12.7 Å². The molecule has 0 bridgehead atoms. The van der Waals surface area contributed by atoms with Gasteiger partial charge in [-0.05, 0) is 47.4 Å². The van der Waals surface area contributed by atoms with Crippen molar-refractivity contribution in [3.05, 3.63) is 59.4 Å². The SMILES string of the molecule is Cc1ccc(CN)cc1-c1ccc(F)cc1. The zero-order valence-electron chi connectivity index (χ0n) is 9.20. The first kappa shape index (κ1) is 10.8. The normalized spacial score (nSPS) is 10.4. The van der Waals surface area contributed by atoms with Crippen molar-refractivity contribution in [1.82, 2.24) is 0 Å². The molecule has 0 fully saturated rings. The predicted octanol–water partition coefficient (Wildman–Crippen LogP) is 3.26. The summed E-state index contributed by atoms with van der Waals surface area (Å²) >= 11 is 0. The summed E-state index contributed by atoms with van der Waals surface area (Å²) in [7, 11) is 0. The van der Waals surface area contributed by atoms with E-state index in [2.05, 4.69) is 6.07 Å². The molecule has 82 valence electrons. The van der Waals surface area contributed by atoms with Crippen molar-refractivity contribution in [1.29, 1.82) is 0 Å². The smallest absolute Gasteiger partial charge is 0.123 e. The van der Waals surface area contributed by atoms with E-state index >= 15 is 0 Å². The Bertz CT molecular complexity index is 489. The number of rotatable bonds is 2. The molecule has 0 saturated heterocycles. The van der Waals surface area contributed by atoms with Crippen LogP contribution in [0.1, 0.15) is 11.1 Å². The molecule has 1 nitrogen and oxygen atoms in total. The maximum atomic E-state index is 12.8. The molecule has 2 rings (SSSR count). The molecule has 0 atom stereocenters. The van der Waals surface area contributed by atoms with Crippen molar-refractivity contribution >= 4 is 0 Å². The van der Waals surface area contributed by atoms with Crippen LogP contribution in [0.4, 0.5) is 4.39 Å². The van der Waals surface area contributed by atoms with Gasteiger partial charge in [-0.15, -0.1) is 0 Å². The van der Waals surface area contributed by atoms with E-state index in [1.54, 1.807) is 12.1 Å². The fraction of sp³-hybridized carbons (Fsp3) is 0.143. The van der Waals surface area contributed by atoms with E-state index in [4.69, 9.17) is 5.73 Å². The van der Waals surface area contributed by atoms with Crippen molar-refractivity contribution < 1.29 is 4.39 Å². The summed E-state index contributed by atoms with van der Waals surface area (Å²) in [6.45, 7) is 2.56. The molecule has 2 N–H and O–H groups in total. The van der Waals surface area contributed by atoms with Gasteiger partial charge in [-0.3, -0.25) is 0 Å². The Morgan fingerprint density at radius 3 is 2.38 bits per heavy atom. The van der Waals surface area contributed by atoms with Gasteiger partial charge in [0.05, 0.1) is 0 Å². The first-order valence-electron chi connectivity index (χ1n) is 5.26. The summed E-state index contributed by atoms with van der Waals surface area (Å²) in [5, 5.41) is 0. The molecular weight excluding hydrogens is 201 g/mol. The third-order valence-electron chi connectivity index (χ3n) is 2.69. The highest BCUT2D eigenvalue weighted by Gasteiger charge is 2.03. The van der Waals surface area contributed by atoms with Gasteiger partial charge in [-0.1, -0.05) is 24.3 Å². The van der Waals surface area contributed by atoms with Crippen molar-refractivity contribution in [2.45, 2.75) is 13.5 Å². The van der Waals surface area contributed by atoms with Crippen molar-refractivity contribution in [2.75, 3.05) is 0 Å². The Kier molecular flexibility index (Phi) is 3.02. The van der Waals surface area contributed by atoms with E-state index in [1.165, 1.54) is 17.7 Å². The second-order valence-electron chi connectivity index (χ2n) is 3.86. The molecule has 2 heteroatoms. The average Bonchev–Trinajstić information content (AvgIpc) is 2.31.